The number of piperazine rings is 1. The molecule has 0 radical (unpaired) electrons. The zero-order valence-electron chi connectivity index (χ0n) is 18.7. The summed E-state index contributed by atoms with van der Waals surface area (Å²) < 4.78 is 30.2. The van der Waals surface area contributed by atoms with Crippen molar-refractivity contribution in [3.05, 3.63) is 53.3 Å². The van der Waals surface area contributed by atoms with Crippen molar-refractivity contribution in [3.8, 4) is 17.2 Å². The highest BCUT2D eigenvalue weighted by molar-refractivity contribution is 5.97. The normalized spacial score (nSPS) is 13.6. The number of ether oxygens (including phenoxy) is 3. The van der Waals surface area contributed by atoms with Crippen molar-refractivity contribution in [2.75, 3.05) is 46.0 Å². The lowest BCUT2D eigenvalue weighted by atomic mass is 10.1. The van der Waals surface area contributed by atoms with Crippen molar-refractivity contribution in [1.82, 2.24) is 9.80 Å². The average molecular weight is 445 g/mol. The Morgan fingerprint density at radius 2 is 1.19 bits per heavy atom. The number of rotatable bonds is 8. The summed E-state index contributed by atoms with van der Waals surface area (Å²) in [5.74, 6) is 0.703. The van der Waals surface area contributed by atoms with Gasteiger partial charge >= 0.3 is 0 Å². The van der Waals surface area contributed by atoms with Crippen molar-refractivity contribution in [2.45, 2.75) is 20.8 Å². The average Bonchev–Trinajstić information content (AvgIpc) is 2.81. The Hall–Kier alpha value is -3.29. The lowest BCUT2D eigenvalue weighted by molar-refractivity contribution is 0.0535. The number of nitrogens with zero attached hydrogens (tertiary/aromatic N) is 2. The fourth-order valence-electron chi connectivity index (χ4n) is 3.58. The number of halogens is 1. The van der Waals surface area contributed by atoms with Crippen molar-refractivity contribution >= 4 is 11.8 Å². The third-order valence-electron chi connectivity index (χ3n) is 5.10. The zero-order valence-corrected chi connectivity index (χ0v) is 18.7. The molecule has 1 aliphatic heterocycles. The van der Waals surface area contributed by atoms with Gasteiger partial charge in [-0.1, -0.05) is 0 Å². The fraction of sp³-hybridized carbons (Fsp3) is 0.417. The van der Waals surface area contributed by atoms with E-state index in [-0.39, 0.29) is 17.6 Å². The highest BCUT2D eigenvalue weighted by Crippen LogP contribution is 2.39. The summed E-state index contributed by atoms with van der Waals surface area (Å²) in [6.07, 6.45) is 0. The van der Waals surface area contributed by atoms with Crippen LogP contribution in [0.15, 0.2) is 36.4 Å². The first-order valence-corrected chi connectivity index (χ1v) is 10.9. The second-order valence-electron chi connectivity index (χ2n) is 7.19. The summed E-state index contributed by atoms with van der Waals surface area (Å²) in [6, 6.07) is 8.83. The van der Waals surface area contributed by atoms with Crippen LogP contribution in [0, 0.1) is 5.82 Å². The molecule has 2 amide bonds. The van der Waals surface area contributed by atoms with E-state index in [9.17, 15) is 14.0 Å². The molecule has 1 fully saturated rings. The highest BCUT2D eigenvalue weighted by atomic mass is 19.1. The van der Waals surface area contributed by atoms with E-state index in [2.05, 4.69) is 0 Å². The van der Waals surface area contributed by atoms with E-state index in [1.807, 2.05) is 20.8 Å². The molecule has 0 bridgehead atoms. The van der Waals surface area contributed by atoms with Crippen LogP contribution in [0.3, 0.4) is 0 Å². The lowest BCUT2D eigenvalue weighted by Gasteiger charge is -2.35. The van der Waals surface area contributed by atoms with Gasteiger partial charge in [-0.2, -0.15) is 0 Å². The Morgan fingerprint density at radius 3 is 1.62 bits per heavy atom. The molecule has 1 heterocycles. The third-order valence-corrected chi connectivity index (χ3v) is 5.10. The number of carbonyl (C=O) groups is 2. The van der Waals surface area contributed by atoms with Crippen LogP contribution in [0.4, 0.5) is 4.39 Å². The van der Waals surface area contributed by atoms with Crippen LogP contribution in [0.25, 0.3) is 0 Å². The van der Waals surface area contributed by atoms with E-state index in [4.69, 9.17) is 14.2 Å². The second-order valence-corrected chi connectivity index (χ2v) is 7.19. The van der Waals surface area contributed by atoms with Crippen molar-refractivity contribution < 1.29 is 28.2 Å². The van der Waals surface area contributed by atoms with E-state index in [1.165, 1.54) is 24.3 Å². The van der Waals surface area contributed by atoms with Gasteiger partial charge in [-0.25, -0.2) is 4.39 Å². The van der Waals surface area contributed by atoms with Gasteiger partial charge in [0.15, 0.2) is 11.5 Å². The van der Waals surface area contributed by atoms with Crippen LogP contribution >= 0.6 is 0 Å². The summed E-state index contributed by atoms with van der Waals surface area (Å²) in [7, 11) is 0. The molecule has 1 saturated heterocycles. The molecule has 0 unspecified atom stereocenters. The van der Waals surface area contributed by atoms with Gasteiger partial charge in [0.1, 0.15) is 5.82 Å². The zero-order chi connectivity index (χ0) is 23.1. The SMILES string of the molecule is CCOc1cc(C(=O)N2CCN(C(=O)c3ccc(F)cc3)CC2)cc(OCC)c1OCC. The van der Waals surface area contributed by atoms with Gasteiger partial charge in [0.2, 0.25) is 5.75 Å². The Morgan fingerprint density at radius 1 is 0.750 bits per heavy atom. The van der Waals surface area contributed by atoms with Crippen molar-refractivity contribution in [1.29, 1.82) is 0 Å². The molecule has 0 N–H and O–H groups in total. The maximum Gasteiger partial charge on any atom is 0.254 e. The molecule has 7 nitrogen and oxygen atoms in total. The molecule has 2 aromatic rings. The first kappa shape index (κ1) is 23.4. The highest BCUT2D eigenvalue weighted by Gasteiger charge is 2.27. The van der Waals surface area contributed by atoms with E-state index < -0.39 is 0 Å². The summed E-state index contributed by atoms with van der Waals surface area (Å²) in [5, 5.41) is 0. The predicted molar refractivity (Wildman–Crippen MR) is 118 cm³/mol. The number of benzene rings is 2. The minimum absolute atomic E-state index is 0.163. The molecule has 0 aliphatic carbocycles. The van der Waals surface area contributed by atoms with Crippen LogP contribution in [-0.4, -0.2) is 67.6 Å². The van der Waals surface area contributed by atoms with Crippen molar-refractivity contribution in [3.63, 3.8) is 0 Å². The Balaban J connectivity index is 1.73. The molecule has 1 aliphatic rings. The first-order chi connectivity index (χ1) is 15.5. The largest absolute Gasteiger partial charge is 0.490 e. The monoisotopic (exact) mass is 444 g/mol. The lowest BCUT2D eigenvalue weighted by Crippen LogP contribution is -2.50. The number of carbonyl (C=O) groups excluding carboxylic acids is 2. The molecule has 0 atom stereocenters. The van der Waals surface area contributed by atoms with E-state index in [0.717, 1.165) is 0 Å². The quantitative estimate of drug-likeness (QED) is 0.622. The molecule has 2 aromatic carbocycles. The van der Waals surface area contributed by atoms with E-state index >= 15 is 0 Å². The van der Waals surface area contributed by atoms with Crippen LogP contribution in [-0.2, 0) is 0 Å². The smallest absolute Gasteiger partial charge is 0.254 e. The predicted octanol–water partition coefficient (Wildman–Crippen LogP) is 3.62. The number of amides is 2. The van der Waals surface area contributed by atoms with Crippen LogP contribution in [0.2, 0.25) is 0 Å². The third kappa shape index (κ3) is 5.30. The van der Waals surface area contributed by atoms with Gasteiger partial charge in [-0.3, -0.25) is 9.59 Å². The van der Waals surface area contributed by atoms with Gasteiger partial charge < -0.3 is 24.0 Å². The summed E-state index contributed by atoms with van der Waals surface area (Å²) in [6.45, 7) is 8.48. The maximum absolute atomic E-state index is 13.2. The summed E-state index contributed by atoms with van der Waals surface area (Å²) in [5.41, 5.74) is 0.874. The molecular weight excluding hydrogens is 415 g/mol. The van der Waals surface area contributed by atoms with Gasteiger partial charge in [-0.05, 0) is 57.2 Å². The van der Waals surface area contributed by atoms with Gasteiger partial charge in [0, 0.05) is 37.3 Å². The standard InChI is InChI=1S/C24H29FN2O5/c1-4-30-20-15-18(16-21(31-5-2)22(20)32-6-3)24(29)27-13-11-26(12-14-27)23(28)17-7-9-19(25)10-8-17/h7-10,15-16H,4-6,11-14H2,1-3H3. The molecule has 3 rings (SSSR count). The molecule has 8 heteroatoms. The minimum atomic E-state index is -0.384. The Labute approximate surface area is 187 Å². The molecule has 32 heavy (non-hydrogen) atoms. The molecular formula is C24H29FN2O5. The summed E-state index contributed by atoms with van der Waals surface area (Å²) >= 11 is 0. The first-order valence-electron chi connectivity index (χ1n) is 10.9. The van der Waals surface area contributed by atoms with Gasteiger partial charge in [0.05, 0.1) is 19.8 Å². The van der Waals surface area contributed by atoms with Crippen molar-refractivity contribution in [2.24, 2.45) is 0 Å². The Bertz CT molecular complexity index is 913. The van der Waals surface area contributed by atoms with E-state index in [0.29, 0.717) is 74.4 Å². The number of hydrogen-bond donors (Lipinski definition) is 0. The van der Waals surface area contributed by atoms with Crippen LogP contribution in [0.5, 0.6) is 17.2 Å². The van der Waals surface area contributed by atoms with Crippen LogP contribution < -0.4 is 14.2 Å². The van der Waals surface area contributed by atoms with E-state index in [1.54, 1.807) is 21.9 Å². The summed E-state index contributed by atoms with van der Waals surface area (Å²) in [4.78, 5) is 29.2. The molecule has 0 saturated carbocycles. The molecule has 0 spiro atoms. The number of hydrogen-bond acceptors (Lipinski definition) is 5. The van der Waals surface area contributed by atoms with Gasteiger partial charge in [0.25, 0.3) is 11.8 Å². The minimum Gasteiger partial charge on any atom is -0.490 e. The topological polar surface area (TPSA) is 68.3 Å². The Kier molecular flexibility index (Phi) is 7.92. The maximum atomic E-state index is 13.2. The second kappa shape index (κ2) is 10.8. The molecule has 172 valence electrons. The van der Waals surface area contributed by atoms with Gasteiger partial charge in [-0.15, -0.1) is 0 Å². The molecule has 0 aromatic heterocycles. The fourth-order valence-corrected chi connectivity index (χ4v) is 3.58. The van der Waals surface area contributed by atoms with Crippen LogP contribution in [0.1, 0.15) is 41.5 Å².